The minimum absolute atomic E-state index is 0.0185. The Labute approximate surface area is 634 Å². The van der Waals surface area contributed by atoms with Gasteiger partial charge in [0.25, 0.3) is 0 Å². The number of para-hydroxylation sites is 6. The summed E-state index contributed by atoms with van der Waals surface area (Å²) in [6.07, 6.45) is 44.3. The highest BCUT2D eigenvalue weighted by atomic mass is 16.5. The van der Waals surface area contributed by atoms with Gasteiger partial charge < -0.3 is 34.2 Å². The van der Waals surface area contributed by atoms with Crippen LogP contribution in [0.15, 0.2) is 274 Å². The molecule has 0 bridgehead atoms. The molecule has 108 heavy (non-hydrogen) atoms. The molecule has 5 aliphatic carbocycles. The van der Waals surface area contributed by atoms with Crippen molar-refractivity contribution < 1.29 is 33.5 Å². The van der Waals surface area contributed by atoms with Crippen LogP contribution >= 0.6 is 0 Å². The molecule has 18 rings (SSSR count). The van der Waals surface area contributed by atoms with Crippen molar-refractivity contribution in [3.63, 3.8) is 0 Å². The molecule has 2 unspecified atom stereocenters. The molecular formula is C95H102N6O7. The number of nitrogens with zero attached hydrogens (tertiary/aromatic N) is 1. The van der Waals surface area contributed by atoms with Gasteiger partial charge in [-0.3, -0.25) is 28.8 Å². The zero-order valence-corrected chi connectivity index (χ0v) is 63.1. The first-order valence-electron chi connectivity index (χ1n) is 37.9. The molecular weight excluding hydrogens is 1340 g/mol. The molecule has 0 radical (unpaired) electrons. The van der Waals surface area contributed by atoms with E-state index in [0.717, 1.165) is 100 Å². The van der Waals surface area contributed by atoms with Crippen molar-refractivity contribution in [1.29, 1.82) is 0 Å². The smallest absolute Gasteiger partial charge is 0.155 e. The van der Waals surface area contributed by atoms with Gasteiger partial charge in [0.15, 0.2) is 28.9 Å². The molecule has 0 saturated heterocycles. The standard InChI is InChI=1S/C30H27N3.C14H15NO.C11H12O2.C9H9N.C8H7N.C8H12O.C6H8O.C5H6O.C4H6O/c1-4-12-27-21(9-1)24(17-31-27)20-8-7-15-30(16-20,25-18-32-28-13-5-2-10-22(25)28)26-19-33-29-14-6-3-11-23(26)29;16-11-5-3-4-10(8-11)13-9-15-14-7-2-1-6-12(13)14;1-9(12)3-4-10-5-7-11(13-2)8-6-10;1-10-7-6-8-4-2-3-5-9(8)10;1-2-4-8-7(3-1)5-6-9-8;1-7(9)8-5-3-2-4-6-8;7-6-4-2-1-3-5-6;6-5-3-1-2-4-5;1-3-4(2)5/h1-6,9-14,17-20,31-33H,7-8,15-16H2;1-2,6-7,9-10,15H,3-5,8H2;3-8H,1-2H3;2-7H,1H3;1-6,9H;5H,2-4,6H2,1H3;2,4H,1,3,5H2;1,3H,2,4H2;3H,1H2,2H3/b;;4-3+;;;;;;. The average molecular weight is 1440 g/mol. The third-order valence-corrected chi connectivity index (χ3v) is 20.4. The van der Waals surface area contributed by atoms with Crippen molar-refractivity contribution in [2.45, 2.75) is 147 Å². The lowest BCUT2D eigenvalue weighted by molar-refractivity contribution is -0.121. The number of allylic oxidation sites excluding steroid dienone is 8. The van der Waals surface area contributed by atoms with Gasteiger partial charge in [0, 0.05) is 130 Å². The summed E-state index contributed by atoms with van der Waals surface area (Å²) in [5, 5.41) is 7.94. The highest BCUT2D eigenvalue weighted by Crippen LogP contribution is 2.54. The highest BCUT2D eigenvalue weighted by molar-refractivity contribution is 5.95. The summed E-state index contributed by atoms with van der Waals surface area (Å²) in [5.74, 6) is 3.06. The molecule has 0 amide bonds. The van der Waals surface area contributed by atoms with Crippen molar-refractivity contribution in [3.8, 4) is 5.75 Å². The van der Waals surface area contributed by atoms with E-state index in [2.05, 4.69) is 220 Å². The third-order valence-electron chi connectivity index (χ3n) is 20.4. The zero-order valence-electron chi connectivity index (χ0n) is 63.1. The number of hydrogen-bond donors (Lipinski definition) is 5. The second-order valence-corrected chi connectivity index (χ2v) is 28.1. The number of ether oxygens (including phenoxy) is 1. The van der Waals surface area contributed by atoms with Gasteiger partial charge in [-0.2, -0.15) is 0 Å². The van der Waals surface area contributed by atoms with E-state index < -0.39 is 0 Å². The van der Waals surface area contributed by atoms with E-state index in [1.165, 1.54) is 133 Å². The number of aryl methyl sites for hydroxylation is 1. The summed E-state index contributed by atoms with van der Waals surface area (Å²) >= 11 is 0. The maximum Gasteiger partial charge on any atom is 0.155 e. The maximum atomic E-state index is 11.5. The van der Waals surface area contributed by atoms with E-state index in [1.54, 1.807) is 38.3 Å². The molecule has 0 aliphatic heterocycles. The number of rotatable bonds is 9. The van der Waals surface area contributed by atoms with Crippen molar-refractivity contribution in [3.05, 3.63) is 302 Å². The summed E-state index contributed by atoms with van der Waals surface area (Å²) in [6.45, 7) is 7.85. The predicted octanol–water partition coefficient (Wildman–Crippen LogP) is 22.9. The molecule has 13 heteroatoms. The lowest BCUT2D eigenvalue weighted by Gasteiger charge is -2.41. The number of aromatic nitrogens is 6. The monoisotopic (exact) mass is 1440 g/mol. The quantitative estimate of drug-likeness (QED) is 0.0887. The van der Waals surface area contributed by atoms with E-state index in [1.807, 2.05) is 60.8 Å². The van der Waals surface area contributed by atoms with Crippen LogP contribution in [-0.4, -0.2) is 71.3 Å². The highest BCUT2D eigenvalue weighted by Gasteiger charge is 2.43. The van der Waals surface area contributed by atoms with Gasteiger partial charge >= 0.3 is 0 Å². The first kappa shape index (κ1) is 78.9. The second kappa shape index (κ2) is 40.1. The number of carbonyl (C=O) groups excluding carboxylic acids is 6. The molecule has 7 aromatic carbocycles. The van der Waals surface area contributed by atoms with Crippen LogP contribution in [0.25, 0.3) is 71.5 Å². The number of H-pyrrole nitrogens is 5. The van der Waals surface area contributed by atoms with Crippen molar-refractivity contribution in [2.75, 3.05) is 7.11 Å². The number of benzene rings is 7. The SMILES string of the molecule is C=CC(C)=O.CC(=O)C1=CCCCC1.COc1ccc(/C=C/C(C)=O)cc1.Cn1ccc2ccccc21.O=C1C=CCC1.O=C1C=CCCC1.O=C1CCCC(c2c[nH]c3ccccc23)C1.c1ccc2[nH]ccc2c1.c1ccc2c(C3CCCC(c4c[nH]c5ccccc45)(c4c[nH]c5ccccc45)C3)c[nH]c2c1. The van der Waals surface area contributed by atoms with Gasteiger partial charge in [0.2, 0.25) is 0 Å². The molecule has 554 valence electrons. The van der Waals surface area contributed by atoms with Crippen LogP contribution in [-0.2, 0) is 41.2 Å². The van der Waals surface area contributed by atoms with Gasteiger partial charge in [-0.05, 0) is 239 Å². The van der Waals surface area contributed by atoms with Crippen LogP contribution in [0.4, 0.5) is 0 Å². The molecule has 2 saturated carbocycles. The Balaban J connectivity index is 0.000000141. The minimum atomic E-state index is -0.0412. The second-order valence-electron chi connectivity index (χ2n) is 28.1. The number of carbonyl (C=O) groups is 6. The lowest BCUT2D eigenvalue weighted by atomic mass is 9.61. The fourth-order valence-corrected chi connectivity index (χ4v) is 14.8. The largest absolute Gasteiger partial charge is 0.497 e. The number of aromatic amines is 5. The van der Waals surface area contributed by atoms with E-state index in [0.29, 0.717) is 17.6 Å². The number of hydrogen-bond acceptors (Lipinski definition) is 7. The fourth-order valence-electron chi connectivity index (χ4n) is 14.8. The maximum absolute atomic E-state index is 11.5. The lowest BCUT2D eigenvalue weighted by Crippen LogP contribution is -2.33. The number of ketones is 6. The molecule has 5 N–H and O–H groups in total. The molecule has 6 aromatic heterocycles. The molecule has 13 nitrogen and oxygen atoms in total. The molecule has 5 aliphatic rings. The topological polar surface area (TPSA) is 196 Å². The van der Waals surface area contributed by atoms with Gasteiger partial charge in [-0.1, -0.05) is 159 Å². The summed E-state index contributed by atoms with van der Waals surface area (Å²) in [5.41, 5.74) is 15.0. The summed E-state index contributed by atoms with van der Waals surface area (Å²) in [6, 6.07) is 62.9. The predicted molar refractivity (Wildman–Crippen MR) is 445 cm³/mol. The van der Waals surface area contributed by atoms with Crippen LogP contribution in [0, 0.1) is 0 Å². The van der Waals surface area contributed by atoms with Gasteiger partial charge in [-0.25, -0.2) is 0 Å². The molecule has 6 heterocycles. The number of nitrogens with one attached hydrogen (secondary N) is 5. The zero-order chi connectivity index (χ0) is 76.0. The van der Waals surface area contributed by atoms with Gasteiger partial charge in [0.1, 0.15) is 11.5 Å². The molecule has 13 aromatic rings. The average Bonchev–Trinajstić information content (AvgIpc) is 1.53. The van der Waals surface area contributed by atoms with Crippen molar-refractivity contribution in [2.24, 2.45) is 7.05 Å². The first-order valence-corrected chi connectivity index (χ1v) is 37.9. The molecule has 2 fully saturated rings. The fraction of sp³-hybridized carbons (Fsp3) is 0.263. The Bertz CT molecular complexity index is 5160. The van der Waals surface area contributed by atoms with Crippen LogP contribution in [0.1, 0.15) is 170 Å². The normalized spacial score (nSPS) is 16.2. The van der Waals surface area contributed by atoms with Gasteiger partial charge in [0.05, 0.1) is 7.11 Å². The Kier molecular flexibility index (Phi) is 29.3. The third kappa shape index (κ3) is 22.0. The first-order chi connectivity index (χ1) is 52.6. The van der Waals surface area contributed by atoms with Crippen LogP contribution in [0.5, 0.6) is 5.75 Å². The molecule has 0 spiro atoms. The van der Waals surface area contributed by atoms with Gasteiger partial charge in [-0.15, -0.1) is 0 Å². The van der Waals surface area contributed by atoms with E-state index in [4.69, 9.17) is 4.74 Å². The van der Waals surface area contributed by atoms with Crippen molar-refractivity contribution >= 4 is 106 Å². The number of Topliss-reactive ketones (excluding diaryl/α,β-unsaturated/α-hetero) is 2. The Morgan fingerprint density at radius 3 is 1.54 bits per heavy atom. The number of methoxy groups -OCH3 is 1. The van der Waals surface area contributed by atoms with E-state index >= 15 is 0 Å². The Morgan fingerprint density at radius 1 is 0.509 bits per heavy atom. The van der Waals surface area contributed by atoms with Crippen molar-refractivity contribution in [1.82, 2.24) is 29.5 Å². The Hall–Kier alpha value is -11.7. The van der Waals surface area contributed by atoms with Crippen LogP contribution < -0.4 is 4.74 Å². The molecule has 2 atom stereocenters. The minimum Gasteiger partial charge on any atom is -0.497 e. The Morgan fingerprint density at radius 2 is 1.05 bits per heavy atom. The van der Waals surface area contributed by atoms with E-state index in [-0.39, 0.29) is 34.3 Å². The summed E-state index contributed by atoms with van der Waals surface area (Å²) in [7, 11) is 3.68. The number of fused-ring (bicyclic) bond motifs is 6. The van der Waals surface area contributed by atoms with Crippen LogP contribution in [0.3, 0.4) is 0 Å². The summed E-state index contributed by atoms with van der Waals surface area (Å²) in [4.78, 5) is 80.2. The summed E-state index contributed by atoms with van der Waals surface area (Å²) < 4.78 is 7.12. The van der Waals surface area contributed by atoms with E-state index in [9.17, 15) is 28.8 Å². The van der Waals surface area contributed by atoms with Crippen LogP contribution in [0.2, 0.25) is 0 Å².